The normalized spacial score (nSPS) is 10.6. The topological polar surface area (TPSA) is 63.3 Å². The molecule has 90 valence electrons. The third kappa shape index (κ3) is 2.89. The van der Waals surface area contributed by atoms with Gasteiger partial charge in [0.2, 0.25) is 0 Å². The predicted molar refractivity (Wildman–Crippen MR) is 68.6 cm³/mol. The number of aromatic carboxylic acids is 1. The van der Waals surface area contributed by atoms with Crippen LogP contribution in [0.15, 0.2) is 22.1 Å². The van der Waals surface area contributed by atoms with Crippen molar-refractivity contribution in [3.63, 3.8) is 0 Å². The Morgan fingerprint density at radius 1 is 1.65 bits per heavy atom. The Morgan fingerprint density at radius 2 is 2.47 bits per heavy atom. The van der Waals surface area contributed by atoms with E-state index in [0.29, 0.717) is 11.5 Å². The second kappa shape index (κ2) is 5.37. The zero-order valence-electron chi connectivity index (χ0n) is 9.17. The second-order valence-corrected chi connectivity index (χ2v) is 5.49. The number of thioether (sulfide) groups is 1. The lowest BCUT2D eigenvalue weighted by Crippen LogP contribution is -1.91. The average molecular weight is 269 g/mol. The Morgan fingerprint density at radius 3 is 3.12 bits per heavy atom. The van der Waals surface area contributed by atoms with Gasteiger partial charge in [-0.3, -0.25) is 0 Å². The van der Waals surface area contributed by atoms with Gasteiger partial charge in [0, 0.05) is 17.2 Å². The van der Waals surface area contributed by atoms with Crippen LogP contribution < -0.4 is 0 Å². The maximum Gasteiger partial charge on any atom is 0.338 e. The summed E-state index contributed by atoms with van der Waals surface area (Å²) >= 11 is 3.37. The molecule has 6 heteroatoms. The summed E-state index contributed by atoms with van der Waals surface area (Å²) in [4.78, 5) is 15.1. The molecule has 0 amide bonds. The Hall–Kier alpha value is -1.27. The van der Waals surface area contributed by atoms with Crippen LogP contribution in [0.2, 0.25) is 0 Å². The van der Waals surface area contributed by atoms with Crippen LogP contribution in [0.25, 0.3) is 11.5 Å². The van der Waals surface area contributed by atoms with E-state index >= 15 is 0 Å². The first-order chi connectivity index (χ1) is 8.20. The van der Waals surface area contributed by atoms with E-state index in [4.69, 9.17) is 9.52 Å². The highest BCUT2D eigenvalue weighted by Gasteiger charge is 2.12. The highest BCUT2D eigenvalue weighted by molar-refractivity contribution is 7.98. The molecule has 0 aliphatic rings. The smallest absolute Gasteiger partial charge is 0.338 e. The van der Waals surface area contributed by atoms with E-state index in [1.54, 1.807) is 23.1 Å². The molecule has 0 aromatic carbocycles. The van der Waals surface area contributed by atoms with E-state index in [2.05, 4.69) is 11.9 Å². The van der Waals surface area contributed by atoms with E-state index < -0.39 is 5.97 Å². The van der Waals surface area contributed by atoms with E-state index in [9.17, 15) is 4.79 Å². The molecule has 0 aliphatic carbocycles. The predicted octanol–water partition coefficient (Wildman–Crippen LogP) is 3.35. The van der Waals surface area contributed by atoms with Crippen molar-refractivity contribution in [2.75, 3.05) is 5.75 Å². The van der Waals surface area contributed by atoms with Crippen LogP contribution in [0, 0.1) is 0 Å². The van der Waals surface area contributed by atoms with Gasteiger partial charge in [0.05, 0.1) is 5.56 Å². The van der Waals surface area contributed by atoms with Crippen molar-refractivity contribution in [3.8, 4) is 11.5 Å². The molecule has 4 nitrogen and oxygen atoms in total. The highest BCUT2D eigenvalue weighted by Crippen LogP contribution is 2.25. The van der Waals surface area contributed by atoms with E-state index in [0.717, 1.165) is 16.5 Å². The summed E-state index contributed by atoms with van der Waals surface area (Å²) in [5.41, 5.74) is 0.853. The SMILES string of the molecule is CCSCc1nc(-c2cc(C(=O)O)co2)cs1. The van der Waals surface area contributed by atoms with Gasteiger partial charge in [-0.15, -0.1) is 11.3 Å². The number of carboxylic acids is 1. The number of hydrogen-bond acceptors (Lipinski definition) is 5. The molecule has 2 heterocycles. The lowest BCUT2D eigenvalue weighted by Gasteiger charge is -1.91. The summed E-state index contributed by atoms with van der Waals surface area (Å²) in [6.07, 6.45) is 1.23. The molecule has 0 radical (unpaired) electrons. The number of carboxylic acid groups (broad SMARTS) is 1. The number of hydrogen-bond donors (Lipinski definition) is 1. The first kappa shape index (κ1) is 12.2. The van der Waals surface area contributed by atoms with Crippen molar-refractivity contribution in [1.82, 2.24) is 4.98 Å². The van der Waals surface area contributed by atoms with Crippen LogP contribution >= 0.6 is 23.1 Å². The lowest BCUT2D eigenvalue weighted by atomic mass is 10.3. The average Bonchev–Trinajstić information content (AvgIpc) is 2.94. The number of aromatic nitrogens is 1. The Labute approximate surface area is 107 Å². The summed E-state index contributed by atoms with van der Waals surface area (Å²) in [7, 11) is 0. The Kier molecular flexibility index (Phi) is 3.86. The number of nitrogens with zero attached hydrogens (tertiary/aromatic N) is 1. The van der Waals surface area contributed by atoms with Crippen LogP contribution in [0.1, 0.15) is 22.3 Å². The fourth-order valence-corrected chi connectivity index (χ4v) is 2.80. The van der Waals surface area contributed by atoms with Gasteiger partial charge >= 0.3 is 5.97 Å². The van der Waals surface area contributed by atoms with Gasteiger partial charge in [0.25, 0.3) is 0 Å². The summed E-state index contributed by atoms with van der Waals surface area (Å²) in [5, 5.41) is 11.7. The molecule has 1 N–H and O–H groups in total. The number of thiazole rings is 1. The molecular weight excluding hydrogens is 258 g/mol. The molecule has 0 bridgehead atoms. The van der Waals surface area contributed by atoms with Crippen LogP contribution in [0.3, 0.4) is 0 Å². The molecule has 0 unspecified atom stereocenters. The van der Waals surface area contributed by atoms with Crippen LogP contribution in [0.4, 0.5) is 0 Å². The van der Waals surface area contributed by atoms with Gasteiger partial charge in [0.1, 0.15) is 17.0 Å². The molecule has 0 saturated heterocycles. The van der Waals surface area contributed by atoms with Crippen molar-refractivity contribution < 1.29 is 14.3 Å². The van der Waals surface area contributed by atoms with Gasteiger partial charge in [-0.05, 0) is 5.75 Å². The Bertz CT molecular complexity index is 518. The third-order valence-electron chi connectivity index (χ3n) is 2.08. The molecule has 2 aromatic heterocycles. The quantitative estimate of drug-likeness (QED) is 0.901. The molecule has 0 atom stereocenters. The van der Waals surface area contributed by atoms with E-state index in [-0.39, 0.29) is 5.56 Å². The largest absolute Gasteiger partial charge is 0.478 e. The summed E-state index contributed by atoms with van der Waals surface area (Å²) < 4.78 is 5.19. The van der Waals surface area contributed by atoms with Gasteiger partial charge in [-0.2, -0.15) is 11.8 Å². The molecule has 0 aliphatic heterocycles. The summed E-state index contributed by atoms with van der Waals surface area (Å²) in [6, 6.07) is 1.49. The highest BCUT2D eigenvalue weighted by atomic mass is 32.2. The third-order valence-corrected chi connectivity index (χ3v) is 4.00. The van der Waals surface area contributed by atoms with E-state index in [1.807, 2.05) is 5.38 Å². The van der Waals surface area contributed by atoms with Crippen molar-refractivity contribution in [1.29, 1.82) is 0 Å². The molecule has 17 heavy (non-hydrogen) atoms. The zero-order chi connectivity index (χ0) is 12.3. The first-order valence-corrected chi connectivity index (χ1v) is 7.08. The maximum atomic E-state index is 10.7. The number of furan rings is 1. The zero-order valence-corrected chi connectivity index (χ0v) is 10.8. The first-order valence-electron chi connectivity index (χ1n) is 5.05. The minimum absolute atomic E-state index is 0.150. The van der Waals surface area contributed by atoms with Gasteiger partial charge in [-0.25, -0.2) is 9.78 Å². The van der Waals surface area contributed by atoms with Crippen molar-refractivity contribution in [3.05, 3.63) is 28.3 Å². The van der Waals surface area contributed by atoms with Crippen LogP contribution in [-0.2, 0) is 5.75 Å². The molecule has 2 rings (SSSR count). The monoisotopic (exact) mass is 269 g/mol. The van der Waals surface area contributed by atoms with Crippen LogP contribution in [-0.4, -0.2) is 21.8 Å². The van der Waals surface area contributed by atoms with Crippen LogP contribution in [0.5, 0.6) is 0 Å². The number of rotatable bonds is 5. The summed E-state index contributed by atoms with van der Waals surface area (Å²) in [6.45, 7) is 2.10. The van der Waals surface area contributed by atoms with Gasteiger partial charge in [-0.1, -0.05) is 6.92 Å². The van der Waals surface area contributed by atoms with Crippen molar-refractivity contribution in [2.45, 2.75) is 12.7 Å². The van der Waals surface area contributed by atoms with Gasteiger partial charge in [0.15, 0.2) is 5.76 Å². The fraction of sp³-hybridized carbons (Fsp3) is 0.273. The molecular formula is C11H11NO3S2. The maximum absolute atomic E-state index is 10.7. The van der Waals surface area contributed by atoms with Crippen molar-refractivity contribution in [2.24, 2.45) is 0 Å². The Balaban J connectivity index is 2.15. The minimum atomic E-state index is -0.989. The summed E-state index contributed by atoms with van der Waals surface area (Å²) in [5.74, 6) is 1.45. The standard InChI is InChI=1S/C11H11NO3S2/c1-2-16-6-10-12-8(5-17-10)9-3-7(4-15-9)11(13)14/h3-5H,2,6H2,1H3,(H,13,14). The molecule has 2 aromatic rings. The van der Waals surface area contributed by atoms with Gasteiger partial charge < -0.3 is 9.52 Å². The van der Waals surface area contributed by atoms with Crippen molar-refractivity contribution >= 4 is 29.1 Å². The molecule has 0 spiro atoms. The molecule has 0 fully saturated rings. The minimum Gasteiger partial charge on any atom is -0.478 e. The van der Waals surface area contributed by atoms with E-state index in [1.165, 1.54) is 12.3 Å². The molecule has 0 saturated carbocycles. The second-order valence-electron chi connectivity index (χ2n) is 3.27. The lowest BCUT2D eigenvalue weighted by molar-refractivity contribution is 0.0696. The fourth-order valence-electron chi connectivity index (χ4n) is 1.26. The number of carbonyl (C=O) groups is 1.